The van der Waals surface area contributed by atoms with E-state index in [9.17, 15) is 14.7 Å². The Morgan fingerprint density at radius 1 is 1.13 bits per heavy atom. The third-order valence-corrected chi connectivity index (χ3v) is 6.21. The molecule has 13 heteroatoms. The quantitative estimate of drug-likeness (QED) is 0.307. The summed E-state index contributed by atoms with van der Waals surface area (Å²) in [5.74, 6) is -1.31. The highest BCUT2D eigenvalue weighted by Crippen LogP contribution is 2.28. The van der Waals surface area contributed by atoms with E-state index in [1.54, 1.807) is 6.07 Å². The smallest absolute Gasteiger partial charge is 0.283 e. The van der Waals surface area contributed by atoms with Gasteiger partial charge >= 0.3 is 0 Å². The molecule has 4 aromatic heterocycles. The van der Waals surface area contributed by atoms with Crippen LogP contribution in [0.4, 0.5) is 10.2 Å². The number of anilines is 1. The van der Waals surface area contributed by atoms with Gasteiger partial charge in [-0.25, -0.2) is 24.0 Å². The number of aromatic nitrogens is 7. The van der Waals surface area contributed by atoms with Crippen LogP contribution in [-0.4, -0.2) is 45.5 Å². The number of hydrogen-bond donors (Lipinski definition) is 3. The Hall–Kier alpha value is -5.04. The Bertz CT molecular complexity index is 1810. The number of rotatable bonds is 5. The Balaban J connectivity index is 1.69. The molecule has 5 rings (SSSR count). The second-order valence-corrected chi connectivity index (χ2v) is 9.85. The molecule has 12 nitrogen and oxygen atoms in total. The summed E-state index contributed by atoms with van der Waals surface area (Å²) in [5.41, 5.74) is 11.6. The van der Waals surface area contributed by atoms with Crippen molar-refractivity contribution in [1.29, 1.82) is 0 Å². The molecule has 39 heavy (non-hydrogen) atoms. The number of nitrogen functional groups attached to an aromatic ring is 1. The summed E-state index contributed by atoms with van der Waals surface area (Å²) in [6.45, 7) is 5.24. The molecule has 0 aliphatic rings. The lowest BCUT2D eigenvalue weighted by molar-refractivity contribution is 0.100. The first-order valence-electron chi connectivity index (χ1n) is 11.8. The number of aliphatic hydroxyl groups is 1. The maximum atomic E-state index is 15.2. The van der Waals surface area contributed by atoms with E-state index in [0.717, 1.165) is 4.68 Å². The van der Waals surface area contributed by atoms with Crippen molar-refractivity contribution >= 4 is 22.5 Å². The predicted molar refractivity (Wildman–Crippen MR) is 141 cm³/mol. The molecule has 0 fully saturated rings. The molecule has 1 amide bonds. The minimum absolute atomic E-state index is 0.0360. The summed E-state index contributed by atoms with van der Waals surface area (Å²) in [7, 11) is 0. The number of carbonyl (C=O) groups is 1. The number of amides is 1. The van der Waals surface area contributed by atoms with Gasteiger partial charge in [-0.05, 0) is 29.2 Å². The Labute approximate surface area is 220 Å². The van der Waals surface area contributed by atoms with E-state index in [1.165, 1.54) is 47.8 Å². The zero-order valence-corrected chi connectivity index (χ0v) is 21.3. The van der Waals surface area contributed by atoms with E-state index >= 15 is 4.39 Å². The van der Waals surface area contributed by atoms with Crippen molar-refractivity contribution < 1.29 is 14.3 Å². The minimum atomic E-state index is -0.771. The van der Waals surface area contributed by atoms with Crippen molar-refractivity contribution in [3.63, 3.8) is 0 Å². The lowest BCUT2D eigenvalue weighted by atomic mass is 9.86. The predicted octanol–water partition coefficient (Wildman–Crippen LogP) is 2.03. The standard InChI is InChI=1S/C26H24FN9O3/c1-26(2,3)14-6-13-8-33-36(25(39)21(13)17(27)7-14)24-16(12-37)19(4-5-30-24)35-11-15(23(29)38)22(34-35)18-9-32-20(28)10-31-18/h4-11,37H,12H2,1-3H3,(H2,28,32)(H2,29,38). The zero-order valence-electron chi connectivity index (χ0n) is 21.3. The molecule has 0 bridgehead atoms. The van der Waals surface area contributed by atoms with E-state index in [0.29, 0.717) is 10.9 Å². The third kappa shape index (κ3) is 4.48. The second kappa shape index (κ2) is 9.36. The normalized spacial score (nSPS) is 11.7. The average molecular weight is 530 g/mol. The molecule has 0 radical (unpaired) electrons. The number of primary amides is 1. The first-order valence-corrected chi connectivity index (χ1v) is 11.8. The summed E-state index contributed by atoms with van der Waals surface area (Å²) in [6, 6.07) is 4.58. The van der Waals surface area contributed by atoms with Crippen LogP contribution in [0.25, 0.3) is 33.7 Å². The number of nitrogens with two attached hydrogens (primary N) is 2. The second-order valence-electron chi connectivity index (χ2n) is 9.85. The fraction of sp³-hybridized carbons (Fsp3) is 0.192. The Kier molecular flexibility index (Phi) is 6.15. The van der Waals surface area contributed by atoms with Gasteiger partial charge in [0.15, 0.2) is 5.82 Å². The van der Waals surface area contributed by atoms with Crippen LogP contribution in [0.2, 0.25) is 0 Å². The maximum absolute atomic E-state index is 15.2. The molecular formula is C26H24FN9O3. The SMILES string of the molecule is CC(C)(C)c1cc(F)c2c(=O)n(-c3nccc(-n4cc(C(N)=O)c(-c5cnc(N)cn5)n4)c3CO)ncc2c1. The average Bonchev–Trinajstić information content (AvgIpc) is 3.34. The number of hydrogen-bond acceptors (Lipinski definition) is 9. The molecular weight excluding hydrogens is 505 g/mol. The molecule has 0 atom stereocenters. The fourth-order valence-corrected chi connectivity index (χ4v) is 4.17. The first kappa shape index (κ1) is 25.6. The molecule has 0 spiro atoms. The summed E-state index contributed by atoms with van der Waals surface area (Å²) in [6.07, 6.45) is 6.76. The number of aliphatic hydroxyl groups excluding tert-OH is 1. The number of halogens is 1. The topological polar surface area (TPSA) is 181 Å². The number of carbonyl (C=O) groups excluding carboxylic acids is 1. The third-order valence-electron chi connectivity index (χ3n) is 6.21. The first-order chi connectivity index (χ1) is 18.5. The van der Waals surface area contributed by atoms with Crippen LogP contribution in [0, 0.1) is 5.82 Å². The van der Waals surface area contributed by atoms with Crippen LogP contribution in [-0.2, 0) is 12.0 Å². The number of benzene rings is 1. The van der Waals surface area contributed by atoms with Gasteiger partial charge in [0.2, 0.25) is 0 Å². The number of pyridine rings is 1. The van der Waals surface area contributed by atoms with Crippen LogP contribution >= 0.6 is 0 Å². The molecule has 0 saturated heterocycles. The van der Waals surface area contributed by atoms with Gasteiger partial charge in [0, 0.05) is 23.3 Å². The van der Waals surface area contributed by atoms with Crippen molar-refractivity contribution in [2.75, 3.05) is 5.73 Å². The van der Waals surface area contributed by atoms with Crippen molar-refractivity contribution in [3.8, 4) is 22.9 Å². The molecule has 1 aromatic carbocycles. The summed E-state index contributed by atoms with van der Waals surface area (Å²) in [4.78, 5) is 38.0. The Morgan fingerprint density at radius 3 is 2.54 bits per heavy atom. The van der Waals surface area contributed by atoms with Gasteiger partial charge in [0.05, 0.1) is 41.8 Å². The van der Waals surface area contributed by atoms with Crippen LogP contribution in [0.1, 0.15) is 42.3 Å². The lowest BCUT2D eigenvalue weighted by Gasteiger charge is -2.20. The van der Waals surface area contributed by atoms with E-state index in [2.05, 4.69) is 25.1 Å². The van der Waals surface area contributed by atoms with Gasteiger partial charge in [0.1, 0.15) is 23.0 Å². The van der Waals surface area contributed by atoms with Crippen LogP contribution < -0.4 is 17.0 Å². The highest BCUT2D eigenvalue weighted by molar-refractivity contribution is 5.98. The van der Waals surface area contributed by atoms with E-state index in [4.69, 9.17) is 11.5 Å². The summed E-state index contributed by atoms with van der Waals surface area (Å²) < 4.78 is 17.4. The molecule has 4 heterocycles. The van der Waals surface area contributed by atoms with Gasteiger partial charge in [0.25, 0.3) is 11.5 Å². The highest BCUT2D eigenvalue weighted by Gasteiger charge is 2.23. The molecule has 0 aliphatic heterocycles. The molecule has 5 N–H and O–H groups in total. The van der Waals surface area contributed by atoms with Crippen LogP contribution in [0.3, 0.4) is 0 Å². The highest BCUT2D eigenvalue weighted by atomic mass is 19.1. The zero-order chi connectivity index (χ0) is 28.1. The molecule has 0 aliphatic carbocycles. The summed E-state index contributed by atoms with van der Waals surface area (Å²) in [5, 5.41) is 19.1. The molecule has 0 unspecified atom stereocenters. The van der Waals surface area contributed by atoms with E-state index in [-0.39, 0.29) is 50.6 Å². The Morgan fingerprint density at radius 2 is 1.90 bits per heavy atom. The van der Waals surface area contributed by atoms with E-state index in [1.807, 2.05) is 20.8 Å². The summed E-state index contributed by atoms with van der Waals surface area (Å²) >= 11 is 0. The minimum Gasteiger partial charge on any atom is -0.391 e. The van der Waals surface area contributed by atoms with Gasteiger partial charge in [-0.15, -0.1) is 0 Å². The molecule has 5 aromatic rings. The van der Waals surface area contributed by atoms with Crippen LogP contribution in [0.5, 0.6) is 0 Å². The van der Waals surface area contributed by atoms with Crippen molar-refractivity contribution in [2.45, 2.75) is 32.8 Å². The van der Waals surface area contributed by atoms with Crippen LogP contribution in [0.15, 0.2) is 54.0 Å². The molecule has 198 valence electrons. The van der Waals surface area contributed by atoms with Gasteiger partial charge in [-0.1, -0.05) is 20.8 Å². The van der Waals surface area contributed by atoms with Gasteiger partial charge in [-0.2, -0.15) is 14.9 Å². The number of nitrogens with zero attached hydrogens (tertiary/aromatic N) is 7. The van der Waals surface area contributed by atoms with Crippen molar-refractivity contribution in [1.82, 2.24) is 34.5 Å². The lowest BCUT2D eigenvalue weighted by Crippen LogP contribution is -2.25. The monoisotopic (exact) mass is 529 g/mol. The molecule has 0 saturated carbocycles. The van der Waals surface area contributed by atoms with Gasteiger partial charge in [-0.3, -0.25) is 9.59 Å². The van der Waals surface area contributed by atoms with Crippen molar-refractivity contribution in [3.05, 3.63) is 82.0 Å². The maximum Gasteiger partial charge on any atom is 0.283 e. The fourth-order valence-electron chi connectivity index (χ4n) is 4.17. The van der Waals surface area contributed by atoms with E-state index < -0.39 is 23.9 Å². The van der Waals surface area contributed by atoms with Crippen molar-refractivity contribution in [2.24, 2.45) is 5.73 Å². The largest absolute Gasteiger partial charge is 0.391 e. The number of fused-ring (bicyclic) bond motifs is 1. The van der Waals surface area contributed by atoms with Gasteiger partial charge < -0.3 is 16.6 Å².